The maximum Gasteiger partial charge on any atom is 0.258 e. The van der Waals surface area contributed by atoms with Crippen molar-refractivity contribution in [3.8, 4) is 11.1 Å². The molecular weight excluding hydrogens is 484 g/mol. The van der Waals surface area contributed by atoms with Crippen molar-refractivity contribution in [2.75, 3.05) is 9.80 Å². The fraction of sp³-hybridized carbons (Fsp3) is 0. The van der Waals surface area contributed by atoms with Crippen LogP contribution in [0.15, 0.2) is 24.3 Å². The van der Waals surface area contributed by atoms with Gasteiger partial charge in [-0.2, -0.15) is 0 Å². The average Bonchev–Trinajstić information content (AvgIpc) is 3.29. The first-order valence-electron chi connectivity index (χ1n) is 8.74. The van der Waals surface area contributed by atoms with Crippen LogP contribution in [0.5, 0.6) is 0 Å². The molecule has 4 amide bonds. The molecule has 2 aliphatic rings. The van der Waals surface area contributed by atoms with E-state index in [0.717, 1.165) is 0 Å². The van der Waals surface area contributed by atoms with Crippen molar-refractivity contribution >= 4 is 35.0 Å². The molecule has 0 atom stereocenters. The summed E-state index contributed by atoms with van der Waals surface area (Å²) in [5.74, 6) is -26.1. The predicted octanol–water partition coefficient (Wildman–Crippen LogP) is 3.33. The average molecular weight is 488 g/mol. The van der Waals surface area contributed by atoms with Crippen molar-refractivity contribution in [3.63, 3.8) is 0 Å². The molecule has 0 spiro atoms. The van der Waals surface area contributed by atoms with E-state index in [-0.39, 0.29) is 9.80 Å². The lowest BCUT2D eigenvalue weighted by atomic mass is 9.99. The molecule has 0 fully saturated rings. The second-order valence-corrected chi connectivity index (χ2v) is 6.65. The fourth-order valence-corrected chi connectivity index (χ4v) is 3.31. The lowest BCUT2D eigenvalue weighted by Gasteiger charge is -2.21. The molecule has 2 aliphatic heterocycles. The Balaban J connectivity index is 2.00. The molecule has 0 aromatic heterocycles. The molecule has 0 saturated heterocycles. The summed E-state index contributed by atoms with van der Waals surface area (Å²) in [7, 11) is 0. The number of anilines is 2. The van der Waals surface area contributed by atoms with E-state index in [2.05, 4.69) is 0 Å². The molecule has 2 heterocycles. The van der Waals surface area contributed by atoms with Crippen molar-refractivity contribution in [2.45, 2.75) is 0 Å². The maximum atomic E-state index is 14.7. The van der Waals surface area contributed by atoms with Crippen molar-refractivity contribution in [2.24, 2.45) is 0 Å². The Morgan fingerprint density at radius 3 is 0.794 bits per heavy atom. The topological polar surface area (TPSA) is 74.8 Å². The van der Waals surface area contributed by atoms with E-state index in [9.17, 15) is 54.3 Å². The number of amides is 4. The molecule has 0 aliphatic carbocycles. The van der Waals surface area contributed by atoms with Crippen molar-refractivity contribution in [3.05, 3.63) is 70.8 Å². The van der Waals surface area contributed by atoms with Gasteiger partial charge in [0.05, 0.1) is 11.1 Å². The van der Waals surface area contributed by atoms with Gasteiger partial charge in [-0.1, -0.05) is 0 Å². The van der Waals surface area contributed by atoms with Crippen LogP contribution in [0, 0.1) is 46.5 Å². The maximum absolute atomic E-state index is 14.7. The normalized spacial score (nSPS) is 15.5. The highest BCUT2D eigenvalue weighted by molar-refractivity contribution is 6.29. The number of benzene rings is 2. The highest BCUT2D eigenvalue weighted by atomic mass is 19.2. The molecule has 0 radical (unpaired) electrons. The summed E-state index contributed by atoms with van der Waals surface area (Å²) in [6, 6.07) is 0. The van der Waals surface area contributed by atoms with Gasteiger partial charge < -0.3 is 0 Å². The molecule has 0 N–H and O–H groups in total. The zero-order valence-electron chi connectivity index (χ0n) is 15.9. The van der Waals surface area contributed by atoms with Gasteiger partial charge in [0.15, 0.2) is 46.5 Å². The number of carbonyl (C=O) groups excluding carboxylic acids is 4. The van der Waals surface area contributed by atoms with Gasteiger partial charge in [-0.25, -0.2) is 44.9 Å². The zero-order valence-corrected chi connectivity index (χ0v) is 15.9. The summed E-state index contributed by atoms with van der Waals surface area (Å²) in [6.45, 7) is 0. The van der Waals surface area contributed by atoms with E-state index < -0.39 is 92.7 Å². The standard InChI is InChI=1S/C20H4F8N2O4/c21-11-9(12(22)16(26)19(15(11)25)29-5(31)1-2-6(29)32)10-13(23)17(27)20(18(28)14(10)24)30-7(33)3-4-8(30)34/h1-4H. The molecule has 174 valence electrons. The van der Waals surface area contributed by atoms with E-state index in [4.69, 9.17) is 0 Å². The third-order valence-electron chi connectivity index (χ3n) is 4.80. The molecule has 2 aromatic carbocycles. The Labute approximate surface area is 182 Å². The number of hydrogen-bond acceptors (Lipinski definition) is 4. The third-order valence-corrected chi connectivity index (χ3v) is 4.80. The monoisotopic (exact) mass is 488 g/mol. The summed E-state index contributed by atoms with van der Waals surface area (Å²) in [6.07, 6.45) is 2.01. The van der Waals surface area contributed by atoms with E-state index >= 15 is 0 Å². The molecule has 4 rings (SSSR count). The van der Waals surface area contributed by atoms with Gasteiger partial charge in [-0.05, 0) is 0 Å². The Morgan fingerprint density at radius 2 is 0.588 bits per heavy atom. The molecule has 14 heteroatoms. The Bertz CT molecular complexity index is 1230. The summed E-state index contributed by atoms with van der Waals surface area (Å²) in [4.78, 5) is 45.9. The highest BCUT2D eigenvalue weighted by Gasteiger charge is 2.41. The molecule has 2 aromatic rings. The SMILES string of the molecule is O=C1C=CC(=O)N1c1c(F)c(F)c(-c2c(F)c(F)c(N3C(=O)C=CC3=O)c(F)c2F)c(F)c1F. The minimum absolute atomic E-state index is 0.324. The first-order valence-corrected chi connectivity index (χ1v) is 8.74. The van der Waals surface area contributed by atoms with E-state index in [1.807, 2.05) is 0 Å². The minimum Gasteiger partial charge on any atom is -0.269 e. The molecule has 6 nitrogen and oxygen atoms in total. The summed E-state index contributed by atoms with van der Waals surface area (Å²) >= 11 is 0. The zero-order chi connectivity index (χ0) is 25.2. The van der Waals surface area contributed by atoms with Crippen LogP contribution in [-0.4, -0.2) is 23.6 Å². The largest absolute Gasteiger partial charge is 0.269 e. The number of carbonyl (C=O) groups is 4. The smallest absolute Gasteiger partial charge is 0.258 e. The Morgan fingerprint density at radius 1 is 0.382 bits per heavy atom. The molecule has 0 saturated carbocycles. The van der Waals surface area contributed by atoms with Crippen molar-refractivity contribution in [1.29, 1.82) is 0 Å². The van der Waals surface area contributed by atoms with Crippen LogP contribution in [-0.2, 0) is 19.2 Å². The van der Waals surface area contributed by atoms with Gasteiger partial charge >= 0.3 is 0 Å². The highest BCUT2D eigenvalue weighted by Crippen LogP contribution is 2.42. The van der Waals surface area contributed by atoms with E-state index in [1.165, 1.54) is 0 Å². The van der Waals surface area contributed by atoms with Crippen LogP contribution in [0.1, 0.15) is 0 Å². The van der Waals surface area contributed by atoms with Gasteiger partial charge in [-0.15, -0.1) is 0 Å². The van der Waals surface area contributed by atoms with Crippen molar-refractivity contribution in [1.82, 2.24) is 0 Å². The molecule has 34 heavy (non-hydrogen) atoms. The van der Waals surface area contributed by atoms with Crippen LogP contribution >= 0.6 is 0 Å². The van der Waals surface area contributed by atoms with E-state index in [0.29, 0.717) is 24.3 Å². The second kappa shape index (κ2) is 7.60. The quantitative estimate of drug-likeness (QED) is 0.378. The Hall–Kier alpha value is -4.36. The summed E-state index contributed by atoms with van der Waals surface area (Å²) < 4.78 is 117. The minimum atomic E-state index is -2.61. The van der Waals surface area contributed by atoms with Gasteiger partial charge in [0.1, 0.15) is 11.4 Å². The molecular formula is C20H4F8N2O4. The molecule has 0 bridgehead atoms. The van der Waals surface area contributed by atoms with E-state index in [1.54, 1.807) is 0 Å². The molecule has 0 unspecified atom stereocenters. The predicted molar refractivity (Wildman–Crippen MR) is 94.8 cm³/mol. The first-order chi connectivity index (χ1) is 15.9. The number of nitrogens with zero attached hydrogens (tertiary/aromatic N) is 2. The lowest BCUT2D eigenvalue weighted by Crippen LogP contribution is -2.32. The van der Waals surface area contributed by atoms with Crippen molar-refractivity contribution < 1.29 is 54.3 Å². The van der Waals surface area contributed by atoms with Gasteiger partial charge in [-0.3, -0.25) is 19.2 Å². The first kappa shape index (κ1) is 22.8. The fourth-order valence-electron chi connectivity index (χ4n) is 3.31. The summed E-state index contributed by atoms with van der Waals surface area (Å²) in [5, 5.41) is 0. The van der Waals surface area contributed by atoms with Gasteiger partial charge in [0.25, 0.3) is 23.6 Å². The van der Waals surface area contributed by atoms with Crippen LogP contribution in [0.2, 0.25) is 0 Å². The van der Waals surface area contributed by atoms with Gasteiger partial charge in [0, 0.05) is 24.3 Å². The second-order valence-electron chi connectivity index (χ2n) is 6.65. The number of rotatable bonds is 3. The number of halogens is 8. The van der Waals surface area contributed by atoms with Crippen LogP contribution < -0.4 is 9.80 Å². The lowest BCUT2D eigenvalue weighted by molar-refractivity contribution is -0.121. The Kier molecular flexibility index (Phi) is 5.10. The van der Waals surface area contributed by atoms with Crippen LogP contribution in [0.4, 0.5) is 46.5 Å². The third kappa shape index (κ3) is 2.94. The van der Waals surface area contributed by atoms with Gasteiger partial charge in [0.2, 0.25) is 0 Å². The number of imide groups is 2. The van der Waals surface area contributed by atoms with Crippen LogP contribution in [0.25, 0.3) is 11.1 Å². The number of hydrogen-bond donors (Lipinski definition) is 0. The van der Waals surface area contributed by atoms with Crippen LogP contribution in [0.3, 0.4) is 0 Å². The summed E-state index contributed by atoms with van der Waals surface area (Å²) in [5.41, 5.74) is -8.28.